The first-order chi connectivity index (χ1) is 7.33. The summed E-state index contributed by atoms with van der Waals surface area (Å²) in [6.07, 6.45) is 0. The number of carbonyl (C=O) groups is 2. The van der Waals surface area contributed by atoms with Gasteiger partial charge in [0.1, 0.15) is 5.75 Å². The highest BCUT2D eigenvalue weighted by molar-refractivity contribution is 7.92. The number of carbonyl (C=O) groups excluding carboxylic acids is 1. The molecule has 16 heavy (non-hydrogen) atoms. The molecule has 0 radical (unpaired) electrons. The summed E-state index contributed by atoms with van der Waals surface area (Å²) in [4.78, 5) is 20.9. The number of aromatic carboxylic acids is 1. The van der Waals surface area contributed by atoms with Gasteiger partial charge in [0.2, 0.25) is 5.91 Å². The van der Waals surface area contributed by atoms with E-state index in [0.29, 0.717) is 0 Å². The maximum atomic E-state index is 11.5. The largest absolute Gasteiger partial charge is 0.478 e. The number of hydrogen-bond donors (Lipinski definition) is 2. The van der Waals surface area contributed by atoms with Crippen molar-refractivity contribution in [1.82, 2.24) is 0 Å². The van der Waals surface area contributed by atoms with Gasteiger partial charge >= 0.3 is 5.97 Å². The fourth-order valence-corrected chi connectivity index (χ4v) is 2.17. The number of benzene rings is 1. The third-order valence-electron chi connectivity index (χ3n) is 1.79. The van der Waals surface area contributed by atoms with E-state index in [1.165, 1.54) is 0 Å². The molecule has 0 atom stereocenters. The van der Waals surface area contributed by atoms with Crippen LogP contribution in [0, 0.1) is 0 Å². The lowest BCUT2D eigenvalue weighted by Crippen LogP contribution is -2.23. The van der Waals surface area contributed by atoms with Crippen LogP contribution >= 0.6 is 0 Å². The van der Waals surface area contributed by atoms with Crippen LogP contribution in [-0.2, 0) is 14.6 Å². The van der Waals surface area contributed by atoms with Crippen LogP contribution in [-0.4, -0.2) is 31.2 Å². The SMILES string of the molecule is NC(=O)CS(=O)(=O)c1ccc(C(=O)O)cc1. The second kappa shape index (κ2) is 4.31. The maximum Gasteiger partial charge on any atom is 0.335 e. The first-order valence-electron chi connectivity index (χ1n) is 4.17. The number of rotatable bonds is 4. The number of hydrogen-bond acceptors (Lipinski definition) is 4. The maximum absolute atomic E-state index is 11.5. The molecule has 0 aromatic heterocycles. The molecule has 0 saturated heterocycles. The summed E-state index contributed by atoms with van der Waals surface area (Å²) in [5, 5.41) is 8.60. The number of carboxylic acid groups (broad SMARTS) is 1. The minimum Gasteiger partial charge on any atom is -0.478 e. The van der Waals surface area contributed by atoms with E-state index in [-0.39, 0.29) is 10.5 Å². The molecule has 6 nitrogen and oxygen atoms in total. The van der Waals surface area contributed by atoms with Gasteiger partial charge in [-0.1, -0.05) is 0 Å². The van der Waals surface area contributed by atoms with Crippen LogP contribution in [0.1, 0.15) is 10.4 Å². The highest BCUT2D eigenvalue weighted by Crippen LogP contribution is 2.12. The van der Waals surface area contributed by atoms with Gasteiger partial charge in [0.25, 0.3) is 0 Å². The van der Waals surface area contributed by atoms with Crippen molar-refractivity contribution in [2.24, 2.45) is 5.73 Å². The van der Waals surface area contributed by atoms with E-state index in [4.69, 9.17) is 10.8 Å². The summed E-state index contributed by atoms with van der Waals surface area (Å²) in [6.45, 7) is 0. The molecular weight excluding hydrogens is 234 g/mol. The fraction of sp³-hybridized carbons (Fsp3) is 0.111. The minimum atomic E-state index is -3.77. The summed E-state index contributed by atoms with van der Waals surface area (Å²) in [5.74, 6) is -2.90. The van der Waals surface area contributed by atoms with Crippen LogP contribution in [0.2, 0.25) is 0 Å². The Kier molecular flexibility index (Phi) is 3.28. The zero-order chi connectivity index (χ0) is 12.3. The Hall–Kier alpha value is -1.89. The lowest BCUT2D eigenvalue weighted by molar-refractivity contribution is -0.115. The van der Waals surface area contributed by atoms with E-state index in [2.05, 4.69) is 0 Å². The van der Waals surface area contributed by atoms with Gasteiger partial charge in [-0.2, -0.15) is 0 Å². The van der Waals surface area contributed by atoms with Crippen LogP contribution in [0.4, 0.5) is 0 Å². The van der Waals surface area contributed by atoms with Crippen LogP contribution < -0.4 is 5.73 Å². The van der Waals surface area contributed by atoms with E-state index >= 15 is 0 Å². The Morgan fingerprint density at radius 1 is 1.19 bits per heavy atom. The summed E-state index contributed by atoms with van der Waals surface area (Å²) < 4.78 is 23.0. The molecule has 0 unspecified atom stereocenters. The topological polar surface area (TPSA) is 115 Å². The average Bonchev–Trinajstić information content (AvgIpc) is 2.16. The van der Waals surface area contributed by atoms with Crippen molar-refractivity contribution in [1.29, 1.82) is 0 Å². The Morgan fingerprint density at radius 2 is 1.69 bits per heavy atom. The first-order valence-corrected chi connectivity index (χ1v) is 5.82. The van der Waals surface area contributed by atoms with Crippen LogP contribution in [0.15, 0.2) is 29.2 Å². The quantitative estimate of drug-likeness (QED) is 0.749. The van der Waals surface area contributed by atoms with Gasteiger partial charge in [0.15, 0.2) is 9.84 Å². The second-order valence-corrected chi connectivity index (χ2v) is 5.04. The van der Waals surface area contributed by atoms with E-state index in [1.807, 2.05) is 0 Å². The van der Waals surface area contributed by atoms with Gasteiger partial charge in [-0.25, -0.2) is 13.2 Å². The molecule has 1 amide bonds. The monoisotopic (exact) mass is 243 g/mol. The summed E-state index contributed by atoms with van der Waals surface area (Å²) in [6, 6.07) is 4.55. The summed E-state index contributed by atoms with van der Waals surface area (Å²) >= 11 is 0. The van der Waals surface area contributed by atoms with Crippen molar-refractivity contribution in [2.45, 2.75) is 4.90 Å². The third-order valence-corrected chi connectivity index (χ3v) is 3.45. The Morgan fingerprint density at radius 3 is 2.06 bits per heavy atom. The highest BCUT2D eigenvalue weighted by Gasteiger charge is 2.17. The zero-order valence-electron chi connectivity index (χ0n) is 8.08. The molecule has 0 aliphatic heterocycles. The number of carboxylic acids is 1. The lowest BCUT2D eigenvalue weighted by atomic mass is 10.2. The smallest absolute Gasteiger partial charge is 0.335 e. The normalized spacial score (nSPS) is 11.0. The van der Waals surface area contributed by atoms with Gasteiger partial charge < -0.3 is 10.8 Å². The first kappa shape index (κ1) is 12.2. The predicted molar refractivity (Wildman–Crippen MR) is 54.6 cm³/mol. The Balaban J connectivity index is 3.07. The van der Waals surface area contributed by atoms with Gasteiger partial charge in [-0.3, -0.25) is 4.79 Å². The van der Waals surface area contributed by atoms with Crippen molar-refractivity contribution in [2.75, 3.05) is 5.75 Å². The molecule has 0 saturated carbocycles. The Bertz CT molecular complexity index is 517. The molecule has 0 aliphatic rings. The van der Waals surface area contributed by atoms with Crippen LogP contribution in [0.3, 0.4) is 0 Å². The van der Waals surface area contributed by atoms with E-state index in [0.717, 1.165) is 24.3 Å². The van der Waals surface area contributed by atoms with Crippen molar-refractivity contribution < 1.29 is 23.1 Å². The van der Waals surface area contributed by atoms with E-state index in [9.17, 15) is 18.0 Å². The van der Waals surface area contributed by atoms with Gasteiger partial charge in [-0.15, -0.1) is 0 Å². The van der Waals surface area contributed by atoms with Crippen molar-refractivity contribution in [3.63, 3.8) is 0 Å². The predicted octanol–water partition coefficient (Wildman–Crippen LogP) is -0.356. The van der Waals surface area contributed by atoms with Gasteiger partial charge in [0.05, 0.1) is 10.5 Å². The molecule has 0 fully saturated rings. The van der Waals surface area contributed by atoms with Crippen LogP contribution in [0.25, 0.3) is 0 Å². The molecule has 86 valence electrons. The second-order valence-electron chi connectivity index (χ2n) is 3.05. The van der Waals surface area contributed by atoms with Crippen LogP contribution in [0.5, 0.6) is 0 Å². The van der Waals surface area contributed by atoms with Gasteiger partial charge in [0, 0.05) is 0 Å². The van der Waals surface area contributed by atoms with Crippen molar-refractivity contribution in [3.8, 4) is 0 Å². The molecule has 1 aromatic rings. The van der Waals surface area contributed by atoms with E-state index < -0.39 is 27.5 Å². The highest BCUT2D eigenvalue weighted by atomic mass is 32.2. The zero-order valence-corrected chi connectivity index (χ0v) is 8.90. The molecule has 0 spiro atoms. The molecule has 7 heteroatoms. The standard InChI is InChI=1S/C9H9NO5S/c10-8(11)5-16(14,15)7-3-1-6(2-4-7)9(12)13/h1-4H,5H2,(H2,10,11)(H,12,13). The van der Waals surface area contributed by atoms with Crippen molar-refractivity contribution >= 4 is 21.7 Å². The third kappa shape index (κ3) is 2.80. The molecule has 1 rings (SSSR count). The lowest BCUT2D eigenvalue weighted by Gasteiger charge is -2.02. The number of sulfone groups is 1. The number of nitrogens with two attached hydrogens (primary N) is 1. The van der Waals surface area contributed by atoms with Crippen molar-refractivity contribution in [3.05, 3.63) is 29.8 Å². The number of primary amides is 1. The molecule has 0 aliphatic carbocycles. The minimum absolute atomic E-state index is 0.0296. The molecular formula is C9H9NO5S. The summed E-state index contributed by atoms with van der Waals surface area (Å²) in [7, 11) is -3.77. The Labute approximate surface area is 91.6 Å². The molecule has 0 heterocycles. The molecule has 1 aromatic carbocycles. The summed E-state index contributed by atoms with van der Waals surface area (Å²) in [5.41, 5.74) is 4.75. The van der Waals surface area contributed by atoms with Gasteiger partial charge in [-0.05, 0) is 24.3 Å². The number of amides is 1. The molecule has 0 bridgehead atoms. The average molecular weight is 243 g/mol. The fourth-order valence-electron chi connectivity index (χ4n) is 1.08. The van der Waals surface area contributed by atoms with E-state index in [1.54, 1.807) is 0 Å². The molecule has 3 N–H and O–H groups in total.